The number of aryl methyl sites for hydroxylation is 1. The average Bonchev–Trinajstić information content (AvgIpc) is 2.90. The molecule has 0 aliphatic rings. The molecule has 0 radical (unpaired) electrons. The van der Waals surface area contributed by atoms with Crippen LogP contribution in [0.1, 0.15) is 35.7 Å². The van der Waals surface area contributed by atoms with Crippen LogP contribution in [-0.4, -0.2) is 32.5 Å². The molecule has 0 unspecified atom stereocenters. The van der Waals surface area contributed by atoms with Gasteiger partial charge in [0.05, 0.1) is 23.4 Å². The van der Waals surface area contributed by atoms with Crippen molar-refractivity contribution < 1.29 is 17.9 Å². The smallest absolute Gasteiger partial charge is 0.264 e. The first-order valence-electron chi connectivity index (χ1n) is 11.9. The van der Waals surface area contributed by atoms with Crippen LogP contribution in [-0.2, 0) is 16.4 Å². The first-order chi connectivity index (χ1) is 17.5. The molecular weight excluding hydrogens is 474 g/mol. The van der Waals surface area contributed by atoms with E-state index in [2.05, 4.69) is 15.0 Å². The minimum Gasteiger partial charge on any atom is -0.494 e. The number of benzene rings is 3. The molecule has 7 nitrogen and oxygen atoms in total. The van der Waals surface area contributed by atoms with Gasteiger partial charge in [-0.05, 0) is 55.2 Å². The number of sulfonamides is 1. The summed E-state index contributed by atoms with van der Waals surface area (Å²) in [5, 5.41) is 3.61. The lowest BCUT2D eigenvalue weighted by Crippen LogP contribution is -2.26. The van der Waals surface area contributed by atoms with E-state index in [4.69, 9.17) is 4.74 Å². The summed E-state index contributed by atoms with van der Waals surface area (Å²) in [4.78, 5) is 17.4. The molecule has 1 heterocycles. The lowest BCUT2D eigenvalue weighted by molar-refractivity contribution is 0.0953. The van der Waals surface area contributed by atoms with Crippen LogP contribution in [0.2, 0.25) is 0 Å². The molecule has 0 aliphatic carbocycles. The average molecular weight is 504 g/mol. The summed E-state index contributed by atoms with van der Waals surface area (Å²) in [5.41, 5.74) is 1.92. The summed E-state index contributed by atoms with van der Waals surface area (Å²) in [6.07, 6.45) is 3.94. The molecule has 0 aliphatic heterocycles. The third-order valence-corrected chi connectivity index (χ3v) is 7.01. The summed E-state index contributed by atoms with van der Waals surface area (Å²) in [6, 6.07) is 23.3. The van der Waals surface area contributed by atoms with Crippen molar-refractivity contribution >= 4 is 32.5 Å². The maximum atomic E-state index is 13.4. The minimum absolute atomic E-state index is 0.0427. The number of anilines is 1. The van der Waals surface area contributed by atoms with Crippen LogP contribution in [0.3, 0.4) is 0 Å². The Morgan fingerprint density at radius 3 is 2.58 bits per heavy atom. The van der Waals surface area contributed by atoms with Gasteiger partial charge >= 0.3 is 0 Å². The van der Waals surface area contributed by atoms with Gasteiger partial charge in [-0.15, -0.1) is 0 Å². The number of carbonyl (C=O) groups is 1. The molecule has 0 saturated carbocycles. The molecule has 186 valence electrons. The van der Waals surface area contributed by atoms with Gasteiger partial charge < -0.3 is 10.1 Å². The monoisotopic (exact) mass is 503 g/mol. The van der Waals surface area contributed by atoms with E-state index in [-0.39, 0.29) is 22.1 Å². The van der Waals surface area contributed by atoms with Crippen molar-refractivity contribution in [2.75, 3.05) is 17.9 Å². The van der Waals surface area contributed by atoms with Crippen molar-refractivity contribution in [3.8, 4) is 5.75 Å². The molecule has 0 saturated heterocycles. The Hall–Kier alpha value is -3.91. The number of amides is 1. The zero-order chi connectivity index (χ0) is 25.4. The first-order valence-corrected chi connectivity index (χ1v) is 13.4. The predicted molar refractivity (Wildman–Crippen MR) is 142 cm³/mol. The second-order valence-electron chi connectivity index (χ2n) is 8.34. The number of aromatic nitrogens is 1. The first kappa shape index (κ1) is 25.2. The number of para-hydroxylation sites is 1. The number of fused-ring (bicyclic) bond motifs is 1. The highest BCUT2D eigenvalue weighted by atomic mass is 32.2. The fraction of sp³-hybridized carbons (Fsp3) is 0.214. The fourth-order valence-electron chi connectivity index (χ4n) is 3.84. The van der Waals surface area contributed by atoms with Gasteiger partial charge in [-0.3, -0.25) is 14.5 Å². The van der Waals surface area contributed by atoms with Gasteiger partial charge in [-0.1, -0.05) is 55.5 Å². The van der Waals surface area contributed by atoms with Gasteiger partial charge in [0.2, 0.25) is 0 Å². The molecule has 1 aromatic heterocycles. The van der Waals surface area contributed by atoms with Crippen molar-refractivity contribution in [1.29, 1.82) is 0 Å². The fourth-order valence-corrected chi connectivity index (χ4v) is 5.10. The van der Waals surface area contributed by atoms with Crippen LogP contribution in [0.4, 0.5) is 5.69 Å². The van der Waals surface area contributed by atoms with Crippen LogP contribution in [0.15, 0.2) is 90.0 Å². The largest absolute Gasteiger partial charge is 0.494 e. The third-order valence-electron chi connectivity index (χ3n) is 5.61. The SMILES string of the molecule is CCCOc1ccc(NS(=O)(=O)c2cccc3cccnc23)c(C(=O)NCCCc2ccccc2)c1. The Morgan fingerprint density at radius 1 is 0.972 bits per heavy atom. The van der Waals surface area contributed by atoms with Crippen LogP contribution >= 0.6 is 0 Å². The highest BCUT2D eigenvalue weighted by Gasteiger charge is 2.22. The molecule has 0 bridgehead atoms. The van der Waals surface area contributed by atoms with Gasteiger partial charge in [0.25, 0.3) is 15.9 Å². The number of nitrogens with zero attached hydrogens (tertiary/aromatic N) is 1. The van der Waals surface area contributed by atoms with E-state index in [1.165, 1.54) is 11.6 Å². The van der Waals surface area contributed by atoms with Crippen LogP contribution in [0, 0.1) is 0 Å². The standard InChI is InChI=1S/C28H29N3O4S/c1-2-19-35-23-15-16-25(24(20-23)28(32)30-18-7-11-21-9-4-3-5-10-21)31-36(33,34)26-14-6-12-22-13-8-17-29-27(22)26/h3-6,8-10,12-17,20,31H,2,7,11,18-19H2,1H3,(H,30,32). The quantitative estimate of drug-likeness (QED) is 0.275. The second-order valence-corrected chi connectivity index (χ2v) is 9.99. The third kappa shape index (κ3) is 6.20. The number of hydrogen-bond acceptors (Lipinski definition) is 5. The summed E-state index contributed by atoms with van der Waals surface area (Å²) >= 11 is 0. The van der Waals surface area contributed by atoms with Crippen LogP contribution < -0.4 is 14.8 Å². The molecule has 0 fully saturated rings. The Bertz CT molecular complexity index is 1430. The van der Waals surface area contributed by atoms with Crippen LogP contribution in [0.25, 0.3) is 10.9 Å². The molecule has 0 spiro atoms. The molecule has 4 aromatic rings. The molecule has 3 aromatic carbocycles. The molecular formula is C28H29N3O4S. The van der Waals surface area contributed by atoms with Crippen molar-refractivity contribution in [3.05, 3.63) is 96.2 Å². The molecule has 36 heavy (non-hydrogen) atoms. The molecule has 2 N–H and O–H groups in total. The molecule has 1 amide bonds. The number of rotatable bonds is 11. The van der Waals surface area contributed by atoms with Gasteiger partial charge in [-0.25, -0.2) is 8.42 Å². The van der Waals surface area contributed by atoms with E-state index in [0.717, 1.165) is 19.3 Å². The number of nitrogens with one attached hydrogen (secondary N) is 2. The Labute approximate surface area is 211 Å². The van der Waals surface area contributed by atoms with E-state index in [1.807, 2.05) is 37.3 Å². The van der Waals surface area contributed by atoms with Crippen molar-refractivity contribution in [2.45, 2.75) is 31.1 Å². The zero-order valence-electron chi connectivity index (χ0n) is 20.1. The van der Waals surface area contributed by atoms with E-state index in [0.29, 0.717) is 29.8 Å². The molecule has 0 atom stereocenters. The molecule has 4 rings (SSSR count). The van der Waals surface area contributed by atoms with E-state index in [1.54, 1.807) is 48.7 Å². The number of ether oxygens (including phenoxy) is 1. The highest BCUT2D eigenvalue weighted by Crippen LogP contribution is 2.27. The number of carbonyl (C=O) groups excluding carboxylic acids is 1. The maximum Gasteiger partial charge on any atom is 0.264 e. The van der Waals surface area contributed by atoms with Gasteiger partial charge in [0.15, 0.2) is 0 Å². The van der Waals surface area contributed by atoms with Crippen LogP contribution in [0.5, 0.6) is 5.75 Å². The Balaban J connectivity index is 1.56. The van der Waals surface area contributed by atoms with Gasteiger partial charge in [0, 0.05) is 18.1 Å². The van der Waals surface area contributed by atoms with E-state index >= 15 is 0 Å². The van der Waals surface area contributed by atoms with Gasteiger partial charge in [-0.2, -0.15) is 0 Å². The van der Waals surface area contributed by atoms with Crippen molar-refractivity contribution in [2.24, 2.45) is 0 Å². The summed E-state index contributed by atoms with van der Waals surface area (Å²) in [6.45, 7) is 2.93. The molecule has 8 heteroatoms. The summed E-state index contributed by atoms with van der Waals surface area (Å²) in [5.74, 6) is 0.125. The Morgan fingerprint density at radius 2 is 1.78 bits per heavy atom. The van der Waals surface area contributed by atoms with E-state index < -0.39 is 10.0 Å². The zero-order valence-corrected chi connectivity index (χ0v) is 20.9. The van der Waals surface area contributed by atoms with E-state index in [9.17, 15) is 13.2 Å². The van der Waals surface area contributed by atoms with Crippen molar-refractivity contribution in [1.82, 2.24) is 10.3 Å². The lowest BCUT2D eigenvalue weighted by Gasteiger charge is -2.15. The predicted octanol–water partition coefficient (Wildman–Crippen LogP) is 5.19. The normalized spacial score (nSPS) is 11.2. The topological polar surface area (TPSA) is 97.4 Å². The summed E-state index contributed by atoms with van der Waals surface area (Å²) in [7, 11) is -4.02. The lowest BCUT2D eigenvalue weighted by atomic mass is 10.1. The summed E-state index contributed by atoms with van der Waals surface area (Å²) < 4.78 is 35.0. The number of hydrogen-bond donors (Lipinski definition) is 2. The van der Waals surface area contributed by atoms with Gasteiger partial charge in [0.1, 0.15) is 10.6 Å². The Kier molecular flexibility index (Phi) is 8.17. The van der Waals surface area contributed by atoms with Crippen molar-refractivity contribution in [3.63, 3.8) is 0 Å². The maximum absolute atomic E-state index is 13.4. The minimum atomic E-state index is -4.02. The second kappa shape index (κ2) is 11.7. The number of pyridine rings is 1. The highest BCUT2D eigenvalue weighted by molar-refractivity contribution is 7.93.